The van der Waals surface area contributed by atoms with Gasteiger partial charge in [0.25, 0.3) is 11.8 Å². The van der Waals surface area contributed by atoms with E-state index in [1.54, 1.807) is 12.1 Å². The van der Waals surface area contributed by atoms with E-state index in [1.165, 1.54) is 68.8 Å². The second-order valence-corrected chi connectivity index (χ2v) is 6.87. The number of rotatable bonds is 6. The number of ether oxygens (including phenoxy) is 2. The van der Waals surface area contributed by atoms with Crippen LogP contribution in [0, 0.1) is 11.6 Å². The molecular weight excluding hydrogens is 418 g/mol. The van der Waals surface area contributed by atoms with Crippen LogP contribution in [0.4, 0.5) is 20.2 Å². The lowest BCUT2D eigenvalue weighted by Crippen LogP contribution is -2.32. The van der Waals surface area contributed by atoms with Crippen molar-refractivity contribution in [3.8, 4) is 11.5 Å². The number of nitrogens with one attached hydrogen (secondary N) is 1. The SMILES string of the molecule is COc1ccc(OC)c(N2C(=O)C(Nc3ccc(F)cc3)=C(c3ccc(F)cc3)C2=O)c1. The Kier molecular flexibility index (Phi) is 5.59. The minimum absolute atomic E-state index is 0.0295. The molecule has 8 heteroatoms. The van der Waals surface area contributed by atoms with Crippen LogP contribution in [-0.2, 0) is 9.59 Å². The third kappa shape index (κ3) is 3.78. The summed E-state index contributed by atoms with van der Waals surface area (Å²) in [7, 11) is 2.88. The van der Waals surface area contributed by atoms with Gasteiger partial charge in [-0.15, -0.1) is 0 Å². The zero-order valence-corrected chi connectivity index (χ0v) is 17.2. The zero-order valence-electron chi connectivity index (χ0n) is 17.2. The average Bonchev–Trinajstić information content (AvgIpc) is 3.04. The first-order valence-electron chi connectivity index (χ1n) is 9.56. The summed E-state index contributed by atoms with van der Waals surface area (Å²) in [4.78, 5) is 27.9. The largest absolute Gasteiger partial charge is 0.497 e. The van der Waals surface area contributed by atoms with Crippen molar-refractivity contribution in [2.75, 3.05) is 24.4 Å². The number of amides is 2. The number of carbonyl (C=O) groups is 2. The molecule has 0 fully saturated rings. The predicted molar refractivity (Wildman–Crippen MR) is 115 cm³/mol. The van der Waals surface area contributed by atoms with E-state index in [-0.39, 0.29) is 22.7 Å². The molecule has 4 rings (SSSR count). The summed E-state index contributed by atoms with van der Waals surface area (Å²) in [5.41, 5.74) is 0.958. The molecule has 3 aromatic carbocycles. The van der Waals surface area contributed by atoms with Crippen molar-refractivity contribution in [1.82, 2.24) is 0 Å². The highest BCUT2D eigenvalue weighted by Crippen LogP contribution is 2.39. The van der Waals surface area contributed by atoms with E-state index in [2.05, 4.69) is 5.32 Å². The minimum atomic E-state index is -0.648. The monoisotopic (exact) mass is 436 g/mol. The molecule has 32 heavy (non-hydrogen) atoms. The lowest BCUT2D eigenvalue weighted by Gasteiger charge is -2.19. The van der Waals surface area contributed by atoms with Crippen LogP contribution in [0.25, 0.3) is 5.57 Å². The summed E-state index contributed by atoms with van der Waals surface area (Å²) in [6.07, 6.45) is 0. The van der Waals surface area contributed by atoms with Gasteiger partial charge in [-0.05, 0) is 54.1 Å². The normalized spacial score (nSPS) is 13.6. The van der Waals surface area contributed by atoms with Crippen LogP contribution in [0.2, 0.25) is 0 Å². The fraction of sp³-hybridized carbons (Fsp3) is 0.0833. The number of hydrogen-bond donors (Lipinski definition) is 1. The Morgan fingerprint density at radius 1 is 0.781 bits per heavy atom. The third-order valence-electron chi connectivity index (χ3n) is 4.96. The summed E-state index contributed by atoms with van der Waals surface area (Å²) in [6, 6.07) is 15.3. The van der Waals surface area contributed by atoms with Gasteiger partial charge in [0.1, 0.15) is 28.8 Å². The Labute approximate surface area is 182 Å². The van der Waals surface area contributed by atoms with Crippen LogP contribution in [-0.4, -0.2) is 26.0 Å². The van der Waals surface area contributed by atoms with Crippen LogP contribution in [0.15, 0.2) is 72.4 Å². The maximum atomic E-state index is 13.5. The highest BCUT2D eigenvalue weighted by molar-refractivity contribution is 6.46. The van der Waals surface area contributed by atoms with E-state index < -0.39 is 23.4 Å². The summed E-state index contributed by atoms with van der Waals surface area (Å²) >= 11 is 0. The van der Waals surface area contributed by atoms with Gasteiger partial charge in [-0.3, -0.25) is 9.59 Å². The van der Waals surface area contributed by atoms with Crippen LogP contribution in [0.5, 0.6) is 11.5 Å². The van der Waals surface area contributed by atoms with E-state index in [9.17, 15) is 18.4 Å². The third-order valence-corrected chi connectivity index (χ3v) is 4.96. The van der Waals surface area contributed by atoms with E-state index >= 15 is 0 Å². The second kappa shape index (κ2) is 8.50. The van der Waals surface area contributed by atoms with Gasteiger partial charge in [-0.2, -0.15) is 0 Å². The van der Waals surface area contributed by atoms with Gasteiger partial charge in [-0.25, -0.2) is 13.7 Å². The molecule has 0 unspecified atom stereocenters. The molecule has 1 aliphatic rings. The number of imide groups is 1. The molecular formula is C24H18F2N2O4. The summed E-state index contributed by atoms with van der Waals surface area (Å²) in [5, 5.41) is 2.91. The smallest absolute Gasteiger partial charge is 0.282 e. The van der Waals surface area contributed by atoms with Gasteiger partial charge in [0.05, 0.1) is 25.5 Å². The molecule has 162 valence electrons. The van der Waals surface area contributed by atoms with Crippen LogP contribution >= 0.6 is 0 Å². The van der Waals surface area contributed by atoms with Gasteiger partial charge in [0.2, 0.25) is 0 Å². The molecule has 0 radical (unpaired) electrons. The summed E-state index contributed by atoms with van der Waals surface area (Å²) in [5.74, 6) is -1.49. The maximum Gasteiger partial charge on any atom is 0.282 e. The lowest BCUT2D eigenvalue weighted by molar-refractivity contribution is -0.120. The van der Waals surface area contributed by atoms with Crippen LogP contribution in [0.3, 0.4) is 0 Å². The van der Waals surface area contributed by atoms with Crippen molar-refractivity contribution in [2.24, 2.45) is 0 Å². The van der Waals surface area contributed by atoms with Crippen molar-refractivity contribution < 1.29 is 27.8 Å². The fourth-order valence-electron chi connectivity index (χ4n) is 3.40. The number of hydrogen-bond acceptors (Lipinski definition) is 5. The number of halogens is 2. The van der Waals surface area contributed by atoms with Crippen molar-refractivity contribution in [2.45, 2.75) is 0 Å². The summed E-state index contributed by atoms with van der Waals surface area (Å²) < 4.78 is 37.4. The first-order chi connectivity index (χ1) is 15.4. The lowest BCUT2D eigenvalue weighted by atomic mass is 10.0. The molecule has 0 atom stereocenters. The minimum Gasteiger partial charge on any atom is -0.497 e. The molecule has 0 saturated heterocycles. The fourth-order valence-corrected chi connectivity index (χ4v) is 3.40. The van der Waals surface area contributed by atoms with E-state index in [0.29, 0.717) is 17.0 Å². The Balaban J connectivity index is 1.85. The van der Waals surface area contributed by atoms with Crippen LogP contribution < -0.4 is 19.7 Å². The molecule has 1 N–H and O–H groups in total. The highest BCUT2D eigenvalue weighted by atomic mass is 19.1. The molecule has 0 spiro atoms. The van der Waals surface area contributed by atoms with E-state index in [0.717, 1.165) is 4.90 Å². The van der Waals surface area contributed by atoms with Crippen molar-refractivity contribution in [3.05, 3.63) is 89.6 Å². The number of methoxy groups -OCH3 is 2. The quantitative estimate of drug-likeness (QED) is 0.581. The Morgan fingerprint density at radius 2 is 1.41 bits per heavy atom. The first kappa shape index (κ1) is 21.0. The Morgan fingerprint density at radius 3 is 2.00 bits per heavy atom. The molecule has 6 nitrogen and oxygen atoms in total. The molecule has 3 aromatic rings. The van der Waals surface area contributed by atoms with Crippen molar-refractivity contribution in [3.63, 3.8) is 0 Å². The average molecular weight is 436 g/mol. The topological polar surface area (TPSA) is 67.9 Å². The first-order valence-corrected chi connectivity index (χ1v) is 9.56. The Bertz CT molecular complexity index is 1220. The molecule has 0 bridgehead atoms. The highest BCUT2D eigenvalue weighted by Gasteiger charge is 2.41. The molecule has 1 aliphatic heterocycles. The van der Waals surface area contributed by atoms with E-state index in [1.807, 2.05) is 0 Å². The predicted octanol–water partition coefficient (Wildman–Crippen LogP) is 4.38. The van der Waals surface area contributed by atoms with Gasteiger partial charge >= 0.3 is 0 Å². The molecule has 1 heterocycles. The second-order valence-electron chi connectivity index (χ2n) is 6.87. The number of benzene rings is 3. The van der Waals surface area contributed by atoms with E-state index in [4.69, 9.17) is 9.47 Å². The van der Waals surface area contributed by atoms with Crippen LogP contribution in [0.1, 0.15) is 5.56 Å². The van der Waals surface area contributed by atoms with Crippen molar-refractivity contribution >= 4 is 28.8 Å². The molecule has 0 aliphatic carbocycles. The Hall–Kier alpha value is -4.20. The van der Waals surface area contributed by atoms with Gasteiger partial charge in [0, 0.05) is 11.8 Å². The maximum absolute atomic E-state index is 13.5. The number of carbonyl (C=O) groups excluding carboxylic acids is 2. The number of anilines is 2. The molecule has 2 amide bonds. The zero-order chi connectivity index (χ0) is 22.8. The van der Waals surface area contributed by atoms with Gasteiger partial charge in [-0.1, -0.05) is 12.1 Å². The molecule has 0 aromatic heterocycles. The van der Waals surface area contributed by atoms with Gasteiger partial charge < -0.3 is 14.8 Å². The summed E-state index contributed by atoms with van der Waals surface area (Å²) in [6.45, 7) is 0. The van der Waals surface area contributed by atoms with Gasteiger partial charge in [0.15, 0.2) is 0 Å². The number of nitrogens with zero attached hydrogens (tertiary/aromatic N) is 1. The van der Waals surface area contributed by atoms with Crippen molar-refractivity contribution in [1.29, 1.82) is 0 Å². The molecule has 0 saturated carbocycles. The standard InChI is InChI=1S/C24H18F2N2O4/c1-31-18-11-12-20(32-2)19(13-18)28-23(29)21(14-3-5-15(25)6-4-14)22(24(28)30)27-17-9-7-16(26)8-10-17/h3-13,27H,1-2H3.